The Morgan fingerprint density at radius 1 is 1.25 bits per heavy atom. The van der Waals surface area contributed by atoms with Crippen molar-refractivity contribution in [1.29, 1.82) is 0 Å². The van der Waals surface area contributed by atoms with Gasteiger partial charge in [0, 0.05) is 12.5 Å². The van der Waals surface area contributed by atoms with Gasteiger partial charge in [-0.25, -0.2) is 9.97 Å². The van der Waals surface area contributed by atoms with Crippen molar-refractivity contribution < 1.29 is 9.53 Å². The van der Waals surface area contributed by atoms with E-state index in [0.29, 0.717) is 18.0 Å². The number of carbonyl (C=O) groups excluding carboxylic acids is 1. The predicted molar refractivity (Wildman–Crippen MR) is 74.6 cm³/mol. The zero-order valence-electron chi connectivity index (χ0n) is 11.4. The van der Waals surface area contributed by atoms with Gasteiger partial charge in [-0.3, -0.25) is 4.79 Å². The molecule has 1 aliphatic carbocycles. The molecule has 4 nitrogen and oxygen atoms in total. The summed E-state index contributed by atoms with van der Waals surface area (Å²) in [6, 6.07) is 11.7. The molecule has 102 valence electrons. The first kappa shape index (κ1) is 12.8. The van der Waals surface area contributed by atoms with Crippen molar-refractivity contribution in [3.63, 3.8) is 0 Å². The molecule has 1 fully saturated rings. The maximum Gasteiger partial charge on any atom is 0.216 e. The smallest absolute Gasteiger partial charge is 0.216 e. The van der Waals surface area contributed by atoms with E-state index in [1.807, 2.05) is 30.3 Å². The lowest BCUT2D eigenvalue weighted by molar-refractivity contribution is -0.120. The highest BCUT2D eigenvalue weighted by Crippen LogP contribution is 2.49. The highest BCUT2D eigenvalue weighted by Gasteiger charge is 2.50. The number of benzene rings is 1. The molecular weight excluding hydrogens is 252 g/mol. The highest BCUT2D eigenvalue weighted by molar-refractivity contribution is 5.94. The van der Waals surface area contributed by atoms with Crippen LogP contribution >= 0.6 is 0 Å². The third-order valence-corrected chi connectivity index (χ3v) is 3.86. The summed E-state index contributed by atoms with van der Waals surface area (Å²) in [7, 11) is 1.56. The van der Waals surface area contributed by atoms with Crippen molar-refractivity contribution in [3.05, 3.63) is 54.0 Å². The quantitative estimate of drug-likeness (QED) is 0.835. The van der Waals surface area contributed by atoms with Crippen LogP contribution in [0.3, 0.4) is 0 Å². The van der Waals surface area contributed by atoms with Gasteiger partial charge in [-0.05, 0) is 18.4 Å². The van der Waals surface area contributed by atoms with E-state index in [1.165, 1.54) is 6.33 Å². The minimum atomic E-state index is -0.292. The molecule has 0 unspecified atom stereocenters. The molecule has 1 aliphatic rings. The maximum absolute atomic E-state index is 12.6. The van der Waals surface area contributed by atoms with E-state index < -0.39 is 0 Å². The molecule has 1 saturated carbocycles. The first-order valence-electron chi connectivity index (χ1n) is 6.68. The lowest BCUT2D eigenvalue weighted by Gasteiger charge is -2.14. The summed E-state index contributed by atoms with van der Waals surface area (Å²) in [5.41, 5.74) is 1.54. The van der Waals surface area contributed by atoms with Gasteiger partial charge in [0.05, 0.1) is 18.2 Å². The Balaban J connectivity index is 1.80. The van der Waals surface area contributed by atoms with Gasteiger partial charge in [0.15, 0.2) is 0 Å². The number of ketones is 1. The van der Waals surface area contributed by atoms with E-state index in [9.17, 15) is 4.79 Å². The molecule has 0 atom stereocenters. The number of ether oxygens (including phenoxy) is 1. The number of hydrogen-bond donors (Lipinski definition) is 0. The fourth-order valence-electron chi connectivity index (χ4n) is 2.53. The second kappa shape index (κ2) is 5.04. The molecule has 1 aromatic carbocycles. The van der Waals surface area contributed by atoms with E-state index >= 15 is 0 Å². The van der Waals surface area contributed by atoms with E-state index in [1.54, 1.807) is 13.2 Å². The third kappa shape index (κ3) is 2.29. The first-order valence-corrected chi connectivity index (χ1v) is 6.68. The minimum Gasteiger partial charge on any atom is -0.481 e. The first-order chi connectivity index (χ1) is 9.74. The predicted octanol–water partition coefficient (Wildman–Crippen LogP) is 2.33. The molecule has 0 saturated heterocycles. The van der Waals surface area contributed by atoms with Gasteiger partial charge >= 0.3 is 0 Å². The Kier molecular flexibility index (Phi) is 3.22. The summed E-state index contributed by atoms with van der Waals surface area (Å²) in [5, 5.41) is 0. The molecular formula is C16H16N2O2. The largest absolute Gasteiger partial charge is 0.481 e. The molecule has 4 heteroatoms. The Hall–Kier alpha value is -2.23. The van der Waals surface area contributed by atoms with Crippen LogP contribution in [-0.4, -0.2) is 22.9 Å². The van der Waals surface area contributed by atoms with Crippen molar-refractivity contribution in [2.75, 3.05) is 7.11 Å². The van der Waals surface area contributed by atoms with Crippen LogP contribution in [0.4, 0.5) is 0 Å². The molecule has 0 amide bonds. The Bertz CT molecular complexity index is 621. The molecule has 2 aromatic rings. The monoisotopic (exact) mass is 268 g/mol. The summed E-state index contributed by atoms with van der Waals surface area (Å²) in [6.07, 6.45) is 3.62. The van der Waals surface area contributed by atoms with Gasteiger partial charge in [-0.1, -0.05) is 30.3 Å². The lowest BCUT2D eigenvalue weighted by atomic mass is 9.89. The van der Waals surface area contributed by atoms with E-state index in [0.717, 1.165) is 18.4 Å². The van der Waals surface area contributed by atoms with Crippen molar-refractivity contribution in [3.8, 4) is 5.88 Å². The third-order valence-electron chi connectivity index (χ3n) is 3.86. The molecule has 1 aromatic heterocycles. The lowest BCUT2D eigenvalue weighted by Crippen LogP contribution is -2.22. The second-order valence-corrected chi connectivity index (χ2v) is 5.10. The van der Waals surface area contributed by atoms with Gasteiger partial charge in [0.25, 0.3) is 0 Å². The Morgan fingerprint density at radius 2 is 2.00 bits per heavy atom. The highest BCUT2D eigenvalue weighted by atomic mass is 16.5. The van der Waals surface area contributed by atoms with E-state index in [2.05, 4.69) is 9.97 Å². The van der Waals surface area contributed by atoms with Crippen molar-refractivity contribution in [1.82, 2.24) is 9.97 Å². The van der Waals surface area contributed by atoms with Gasteiger partial charge in [0.2, 0.25) is 5.88 Å². The molecule has 0 radical (unpaired) electrons. The second-order valence-electron chi connectivity index (χ2n) is 5.10. The van der Waals surface area contributed by atoms with Crippen LogP contribution < -0.4 is 4.74 Å². The van der Waals surface area contributed by atoms with Gasteiger partial charge in [-0.2, -0.15) is 0 Å². The van der Waals surface area contributed by atoms with Gasteiger partial charge < -0.3 is 4.74 Å². The number of nitrogens with zero attached hydrogens (tertiary/aromatic N) is 2. The van der Waals surface area contributed by atoms with Gasteiger partial charge in [-0.15, -0.1) is 0 Å². The zero-order chi connectivity index (χ0) is 14.0. The average Bonchev–Trinajstić information content (AvgIpc) is 3.30. The van der Waals surface area contributed by atoms with Gasteiger partial charge in [0.1, 0.15) is 12.1 Å². The Labute approximate surface area is 117 Å². The van der Waals surface area contributed by atoms with Crippen LogP contribution in [-0.2, 0) is 16.6 Å². The molecule has 0 spiro atoms. The zero-order valence-corrected chi connectivity index (χ0v) is 11.4. The molecule has 0 N–H and O–H groups in total. The SMILES string of the molecule is COc1cc(CC(=O)C2(c3ccccc3)CC2)ncn1. The summed E-state index contributed by atoms with van der Waals surface area (Å²) >= 11 is 0. The standard InChI is InChI=1S/C16H16N2O2/c1-20-15-10-13(17-11-18-15)9-14(19)16(7-8-16)12-5-3-2-4-6-12/h2-6,10-11H,7-9H2,1H3. The number of methoxy groups -OCH3 is 1. The number of rotatable bonds is 5. The van der Waals surface area contributed by atoms with Crippen LogP contribution in [0.1, 0.15) is 24.1 Å². The molecule has 0 aliphatic heterocycles. The summed E-state index contributed by atoms with van der Waals surface area (Å²) in [4.78, 5) is 20.7. The number of hydrogen-bond acceptors (Lipinski definition) is 4. The van der Waals surface area contributed by atoms with Crippen LogP contribution in [0.25, 0.3) is 0 Å². The fraction of sp³-hybridized carbons (Fsp3) is 0.312. The van der Waals surface area contributed by atoms with Crippen LogP contribution in [0.5, 0.6) is 5.88 Å². The van der Waals surface area contributed by atoms with E-state index in [-0.39, 0.29) is 11.2 Å². The summed E-state index contributed by atoms with van der Waals surface area (Å²) < 4.78 is 5.06. The van der Waals surface area contributed by atoms with Crippen LogP contribution in [0.15, 0.2) is 42.7 Å². The molecule has 0 bridgehead atoms. The van der Waals surface area contributed by atoms with Crippen LogP contribution in [0, 0.1) is 0 Å². The Morgan fingerprint density at radius 3 is 2.65 bits per heavy atom. The minimum absolute atomic E-state index is 0.226. The van der Waals surface area contributed by atoms with E-state index in [4.69, 9.17) is 4.74 Å². The van der Waals surface area contributed by atoms with Crippen molar-refractivity contribution >= 4 is 5.78 Å². The topological polar surface area (TPSA) is 52.1 Å². The summed E-state index contributed by atoms with van der Waals surface area (Å²) in [6.45, 7) is 0. The molecule has 3 rings (SSSR count). The molecule has 20 heavy (non-hydrogen) atoms. The van der Waals surface area contributed by atoms with Crippen LogP contribution in [0.2, 0.25) is 0 Å². The number of aromatic nitrogens is 2. The average molecular weight is 268 g/mol. The maximum atomic E-state index is 12.6. The number of carbonyl (C=O) groups is 1. The summed E-state index contributed by atoms with van der Waals surface area (Å²) in [5.74, 6) is 0.719. The normalized spacial score (nSPS) is 15.7. The van der Waals surface area contributed by atoms with Crippen molar-refractivity contribution in [2.24, 2.45) is 0 Å². The van der Waals surface area contributed by atoms with Crippen molar-refractivity contribution in [2.45, 2.75) is 24.7 Å². The fourth-order valence-corrected chi connectivity index (χ4v) is 2.53. The molecule has 1 heterocycles. The number of Topliss-reactive ketones (excluding diaryl/α,β-unsaturated/α-hetero) is 1.